The first-order valence-corrected chi connectivity index (χ1v) is 12.4. The molecule has 0 aliphatic heterocycles. The molecule has 0 fully saturated rings. The molecule has 0 radical (unpaired) electrons. The molecule has 2 aromatic carbocycles. The molecule has 0 aliphatic rings. The summed E-state index contributed by atoms with van der Waals surface area (Å²) in [5.74, 6) is -2.22. The van der Waals surface area contributed by atoms with E-state index >= 15 is 0 Å². The molecule has 0 spiro atoms. The first-order chi connectivity index (χ1) is 16.5. The van der Waals surface area contributed by atoms with Gasteiger partial charge in [0.05, 0.1) is 22.9 Å². The van der Waals surface area contributed by atoms with Crippen molar-refractivity contribution in [2.75, 3.05) is 17.6 Å². The second kappa shape index (κ2) is 11.1. The number of esters is 1. The average Bonchev–Trinajstić information content (AvgIpc) is 2.74. The van der Waals surface area contributed by atoms with Gasteiger partial charge in [-0.3, -0.25) is 14.3 Å². The molecule has 0 heterocycles. The minimum Gasteiger partial charge on any atom is -0.483 e. The van der Waals surface area contributed by atoms with Crippen LogP contribution < -0.4 is 14.8 Å². The highest BCUT2D eigenvalue weighted by molar-refractivity contribution is 7.92. The zero-order chi connectivity index (χ0) is 27.3. The molecule has 1 amide bonds. The quantitative estimate of drug-likeness (QED) is 0.372. The van der Waals surface area contributed by atoms with Crippen molar-refractivity contribution in [2.45, 2.75) is 40.1 Å². The number of hydrogen-bond donors (Lipinski definition) is 2. The van der Waals surface area contributed by atoms with Gasteiger partial charge in [0.15, 0.2) is 6.61 Å². The van der Waals surface area contributed by atoms with E-state index in [-0.39, 0.29) is 23.5 Å². The summed E-state index contributed by atoms with van der Waals surface area (Å²) < 4.78 is 88.3. The summed E-state index contributed by atoms with van der Waals surface area (Å²) >= 11 is 0. The van der Waals surface area contributed by atoms with Crippen LogP contribution in [0.3, 0.4) is 0 Å². The first kappa shape index (κ1) is 28.9. The summed E-state index contributed by atoms with van der Waals surface area (Å²) in [6.45, 7) is 3.56. The summed E-state index contributed by atoms with van der Waals surface area (Å²) in [7, 11) is -3.67. The van der Waals surface area contributed by atoms with E-state index in [2.05, 4.69) is 5.32 Å². The van der Waals surface area contributed by atoms with Gasteiger partial charge >= 0.3 is 12.1 Å². The standard InChI is InChI=1S/C23H26F4N2O6S/c1-22(2,3)21(31)35-12-15-10-16(23(25,26)27)6-8-19(15)34-13-20(30)28-11-14-5-7-18(17(24)9-14)29-36(4,32)33/h5-10,29H,11-13H2,1-4H3,(H,28,30). The summed E-state index contributed by atoms with van der Waals surface area (Å²) in [5, 5.41) is 2.45. The third-order valence-corrected chi connectivity index (χ3v) is 5.13. The number of rotatable bonds is 9. The second-order valence-corrected chi connectivity index (χ2v) is 10.6. The Morgan fingerprint density at radius 3 is 2.25 bits per heavy atom. The minimum absolute atomic E-state index is 0.0775. The van der Waals surface area contributed by atoms with Crippen molar-refractivity contribution in [1.29, 1.82) is 0 Å². The molecule has 0 aromatic heterocycles. The number of benzene rings is 2. The van der Waals surface area contributed by atoms with Crippen LogP contribution in [-0.4, -0.2) is 33.2 Å². The molecule has 13 heteroatoms. The molecule has 8 nitrogen and oxygen atoms in total. The van der Waals surface area contributed by atoms with Crippen LogP contribution >= 0.6 is 0 Å². The van der Waals surface area contributed by atoms with Gasteiger partial charge in [-0.25, -0.2) is 12.8 Å². The van der Waals surface area contributed by atoms with Crippen LogP contribution in [0.25, 0.3) is 0 Å². The number of anilines is 1. The number of carbonyl (C=O) groups is 2. The van der Waals surface area contributed by atoms with E-state index in [1.54, 1.807) is 20.8 Å². The van der Waals surface area contributed by atoms with Crippen molar-refractivity contribution in [3.05, 3.63) is 58.9 Å². The molecule has 2 aromatic rings. The van der Waals surface area contributed by atoms with Crippen molar-refractivity contribution < 1.29 is 45.0 Å². The Kier molecular flexibility index (Phi) is 8.94. The van der Waals surface area contributed by atoms with E-state index in [1.807, 2.05) is 4.72 Å². The third kappa shape index (κ3) is 9.02. The normalized spacial score (nSPS) is 12.1. The van der Waals surface area contributed by atoms with Gasteiger partial charge in [0.25, 0.3) is 5.91 Å². The summed E-state index contributed by atoms with van der Waals surface area (Å²) in [4.78, 5) is 24.2. The Morgan fingerprint density at radius 2 is 1.69 bits per heavy atom. The minimum atomic E-state index is -4.64. The van der Waals surface area contributed by atoms with Gasteiger partial charge in [0.2, 0.25) is 10.0 Å². The maximum absolute atomic E-state index is 14.1. The molecule has 2 rings (SSSR count). The maximum atomic E-state index is 14.1. The average molecular weight is 535 g/mol. The largest absolute Gasteiger partial charge is 0.483 e. The summed E-state index contributed by atoms with van der Waals surface area (Å²) in [6.07, 6.45) is -3.77. The smallest absolute Gasteiger partial charge is 0.416 e. The van der Waals surface area contributed by atoms with Crippen LogP contribution in [0.1, 0.15) is 37.5 Å². The van der Waals surface area contributed by atoms with Crippen molar-refractivity contribution in [2.24, 2.45) is 5.41 Å². The predicted molar refractivity (Wildman–Crippen MR) is 123 cm³/mol. The zero-order valence-electron chi connectivity index (χ0n) is 20.0. The second-order valence-electron chi connectivity index (χ2n) is 8.90. The van der Waals surface area contributed by atoms with Crippen LogP contribution in [0, 0.1) is 11.2 Å². The van der Waals surface area contributed by atoms with Gasteiger partial charge in [0.1, 0.15) is 18.2 Å². The van der Waals surface area contributed by atoms with Crippen molar-refractivity contribution in [3.8, 4) is 5.75 Å². The Bertz CT molecular complexity index is 1220. The lowest BCUT2D eigenvalue weighted by Gasteiger charge is -2.18. The van der Waals surface area contributed by atoms with Crippen molar-refractivity contribution in [1.82, 2.24) is 5.32 Å². The lowest BCUT2D eigenvalue weighted by molar-refractivity contribution is -0.154. The molecule has 198 valence electrons. The van der Waals surface area contributed by atoms with E-state index in [0.717, 1.165) is 30.5 Å². The van der Waals surface area contributed by atoms with Crippen molar-refractivity contribution in [3.63, 3.8) is 0 Å². The van der Waals surface area contributed by atoms with E-state index < -0.39 is 58.1 Å². The number of amides is 1. The molecule has 36 heavy (non-hydrogen) atoms. The Hall–Kier alpha value is -3.35. The highest BCUT2D eigenvalue weighted by atomic mass is 32.2. The SMILES string of the molecule is CC(C)(C)C(=O)OCc1cc(C(F)(F)F)ccc1OCC(=O)NCc1ccc(NS(C)(=O)=O)c(F)c1. The Morgan fingerprint density at radius 1 is 1.03 bits per heavy atom. The fourth-order valence-electron chi connectivity index (χ4n) is 2.72. The third-order valence-electron chi connectivity index (χ3n) is 4.54. The highest BCUT2D eigenvalue weighted by Gasteiger charge is 2.31. The van der Waals surface area contributed by atoms with E-state index in [0.29, 0.717) is 5.56 Å². The number of carbonyl (C=O) groups excluding carboxylic acids is 2. The van der Waals surface area contributed by atoms with Crippen LogP contribution in [0.2, 0.25) is 0 Å². The number of ether oxygens (including phenoxy) is 2. The summed E-state index contributed by atoms with van der Waals surface area (Å²) in [5.41, 5.74) is -1.86. The number of halogens is 4. The fourth-order valence-corrected chi connectivity index (χ4v) is 3.28. The van der Waals surface area contributed by atoms with Gasteiger partial charge in [-0.15, -0.1) is 0 Å². The molecule has 2 N–H and O–H groups in total. The van der Waals surface area contributed by atoms with Gasteiger partial charge in [-0.1, -0.05) is 6.07 Å². The number of nitrogens with one attached hydrogen (secondary N) is 2. The van der Waals surface area contributed by atoms with Gasteiger partial charge in [-0.2, -0.15) is 13.2 Å². The number of alkyl halides is 3. The zero-order valence-corrected chi connectivity index (χ0v) is 20.8. The molecular weight excluding hydrogens is 508 g/mol. The molecular formula is C23H26F4N2O6S. The van der Waals surface area contributed by atoms with Gasteiger partial charge < -0.3 is 14.8 Å². The topological polar surface area (TPSA) is 111 Å². The fraction of sp³-hybridized carbons (Fsp3) is 0.391. The van der Waals surface area contributed by atoms with Crippen LogP contribution in [0.4, 0.5) is 23.2 Å². The highest BCUT2D eigenvalue weighted by Crippen LogP contribution is 2.33. The lowest BCUT2D eigenvalue weighted by atomic mass is 9.97. The molecule has 0 saturated carbocycles. The van der Waals surface area contributed by atoms with E-state index in [4.69, 9.17) is 9.47 Å². The Balaban J connectivity index is 2.04. The first-order valence-electron chi connectivity index (χ1n) is 10.5. The van der Waals surface area contributed by atoms with Gasteiger partial charge in [0, 0.05) is 12.1 Å². The van der Waals surface area contributed by atoms with E-state index in [1.165, 1.54) is 12.1 Å². The molecule has 0 unspecified atom stereocenters. The molecule has 0 bridgehead atoms. The molecule has 0 atom stereocenters. The monoisotopic (exact) mass is 534 g/mol. The maximum Gasteiger partial charge on any atom is 0.416 e. The van der Waals surface area contributed by atoms with Crippen LogP contribution in [0.15, 0.2) is 36.4 Å². The van der Waals surface area contributed by atoms with Crippen LogP contribution in [-0.2, 0) is 43.7 Å². The van der Waals surface area contributed by atoms with E-state index in [9.17, 15) is 35.6 Å². The van der Waals surface area contributed by atoms with Crippen LogP contribution in [0.5, 0.6) is 5.75 Å². The summed E-state index contributed by atoms with van der Waals surface area (Å²) in [6, 6.07) is 6.21. The lowest BCUT2D eigenvalue weighted by Crippen LogP contribution is -2.28. The Labute approximate surface area is 206 Å². The number of hydrogen-bond acceptors (Lipinski definition) is 6. The van der Waals surface area contributed by atoms with Gasteiger partial charge in [-0.05, 0) is 56.7 Å². The number of sulfonamides is 1. The molecule has 0 aliphatic carbocycles. The predicted octanol–water partition coefficient (Wildman–Crippen LogP) is 4.00. The van der Waals surface area contributed by atoms with Crippen molar-refractivity contribution >= 4 is 27.6 Å². The molecule has 0 saturated heterocycles.